The van der Waals surface area contributed by atoms with Crippen molar-refractivity contribution in [3.8, 4) is 0 Å². The van der Waals surface area contributed by atoms with Gasteiger partial charge < -0.3 is 39.9 Å². The van der Waals surface area contributed by atoms with E-state index in [4.69, 9.17) is 18.5 Å². The van der Waals surface area contributed by atoms with Gasteiger partial charge in [0.05, 0.1) is 6.61 Å². The molecule has 0 amide bonds. The smallest absolute Gasteiger partial charge is 0.462 e. The van der Waals surface area contributed by atoms with Crippen LogP contribution in [0.1, 0.15) is 149 Å². The van der Waals surface area contributed by atoms with E-state index in [-0.39, 0.29) is 12.8 Å². The maximum atomic E-state index is 12.7. The van der Waals surface area contributed by atoms with Crippen molar-refractivity contribution in [3.63, 3.8) is 0 Å². The summed E-state index contributed by atoms with van der Waals surface area (Å²) in [5, 5.41) is 49.8. The van der Waals surface area contributed by atoms with E-state index in [1.807, 2.05) is 0 Å². The number of rotatable bonds is 29. The van der Waals surface area contributed by atoms with Gasteiger partial charge in [-0.2, -0.15) is 0 Å². The van der Waals surface area contributed by atoms with Gasteiger partial charge in [0, 0.05) is 12.8 Å². The van der Waals surface area contributed by atoms with Gasteiger partial charge in [-0.25, -0.2) is 4.57 Å². The van der Waals surface area contributed by atoms with Crippen molar-refractivity contribution in [2.75, 3.05) is 13.2 Å². The highest BCUT2D eigenvalue weighted by Crippen LogP contribution is 2.47. The minimum Gasteiger partial charge on any atom is -0.462 e. The maximum Gasteiger partial charge on any atom is 0.472 e. The second kappa shape index (κ2) is 26.6. The molecule has 1 rings (SSSR count). The van der Waals surface area contributed by atoms with Gasteiger partial charge in [-0.05, 0) is 12.8 Å². The highest BCUT2D eigenvalue weighted by molar-refractivity contribution is 7.47. The summed E-state index contributed by atoms with van der Waals surface area (Å²) < 4.78 is 33.2. The number of unbranched alkanes of at least 4 members (excludes halogenated alkanes) is 17. The highest BCUT2D eigenvalue weighted by Gasteiger charge is 2.51. The molecule has 1 aliphatic carbocycles. The van der Waals surface area contributed by atoms with Crippen LogP contribution in [0.2, 0.25) is 0 Å². The molecule has 0 aromatic carbocycles. The van der Waals surface area contributed by atoms with Crippen molar-refractivity contribution in [2.24, 2.45) is 0 Å². The molecule has 0 radical (unpaired) electrons. The molecule has 6 unspecified atom stereocenters. The lowest BCUT2D eigenvalue weighted by Gasteiger charge is -2.41. The molecule has 0 aromatic heterocycles. The average Bonchev–Trinajstić information content (AvgIpc) is 3.06. The summed E-state index contributed by atoms with van der Waals surface area (Å²) in [7, 11) is -5.09. The Labute approximate surface area is 287 Å². The molecule has 8 atom stereocenters. The summed E-state index contributed by atoms with van der Waals surface area (Å²) in [4.78, 5) is 35.2. The highest BCUT2D eigenvalue weighted by atomic mass is 31.2. The summed E-state index contributed by atoms with van der Waals surface area (Å²) in [6.07, 6.45) is 7.82. The van der Waals surface area contributed by atoms with Gasteiger partial charge in [-0.1, -0.05) is 123 Å². The minimum atomic E-state index is -5.09. The zero-order valence-corrected chi connectivity index (χ0v) is 30.2. The molecule has 1 aliphatic rings. The molecule has 13 nitrogen and oxygen atoms in total. The monoisotopic (exact) mass is 712 g/mol. The molecule has 0 aliphatic heterocycles. The van der Waals surface area contributed by atoms with Crippen LogP contribution in [0.15, 0.2) is 0 Å². The fraction of sp³-hybridized carbons (Fsp3) is 0.941. The van der Waals surface area contributed by atoms with Crippen molar-refractivity contribution >= 4 is 19.8 Å². The Kier molecular flexibility index (Phi) is 24.9. The molecule has 14 heteroatoms. The fourth-order valence-corrected chi connectivity index (χ4v) is 6.61. The van der Waals surface area contributed by atoms with Crippen LogP contribution in [0.25, 0.3) is 0 Å². The van der Waals surface area contributed by atoms with Crippen LogP contribution in [0.3, 0.4) is 0 Å². The lowest BCUT2D eigenvalue weighted by Crippen LogP contribution is -2.64. The molecule has 0 bridgehead atoms. The van der Waals surface area contributed by atoms with Crippen LogP contribution in [-0.4, -0.2) is 98.3 Å². The van der Waals surface area contributed by atoms with E-state index < -0.39 is 75.7 Å². The zero-order chi connectivity index (χ0) is 35.8. The van der Waals surface area contributed by atoms with Crippen molar-refractivity contribution in [1.29, 1.82) is 0 Å². The van der Waals surface area contributed by atoms with Crippen LogP contribution < -0.4 is 0 Å². The quantitative estimate of drug-likeness (QED) is 0.0343. The van der Waals surface area contributed by atoms with Crippen LogP contribution >= 0.6 is 7.82 Å². The molecule has 6 N–H and O–H groups in total. The van der Waals surface area contributed by atoms with Crippen LogP contribution in [0, 0.1) is 0 Å². The Morgan fingerprint density at radius 1 is 0.562 bits per heavy atom. The first-order chi connectivity index (χ1) is 22.9. The third-order valence-corrected chi connectivity index (χ3v) is 9.68. The van der Waals surface area contributed by atoms with Gasteiger partial charge >= 0.3 is 19.8 Å². The molecule has 1 saturated carbocycles. The van der Waals surface area contributed by atoms with Gasteiger partial charge in [0.1, 0.15) is 43.2 Å². The predicted molar refractivity (Wildman–Crippen MR) is 180 cm³/mol. The molecular weight excluding hydrogens is 647 g/mol. The Balaban J connectivity index is 2.56. The van der Waals surface area contributed by atoms with E-state index >= 15 is 0 Å². The number of carbonyl (C=O) groups is 2. The normalized spacial score (nSPS) is 24.6. The van der Waals surface area contributed by atoms with E-state index in [2.05, 4.69) is 13.8 Å². The third kappa shape index (κ3) is 19.9. The lowest BCUT2D eigenvalue weighted by atomic mass is 9.85. The van der Waals surface area contributed by atoms with Gasteiger partial charge in [-0.3, -0.25) is 18.6 Å². The number of aliphatic hydroxyl groups excluding tert-OH is 5. The third-order valence-electron chi connectivity index (χ3n) is 8.70. The Bertz CT molecular complexity index is 875. The first-order valence-corrected chi connectivity index (χ1v) is 19.8. The number of hydrogen-bond acceptors (Lipinski definition) is 12. The van der Waals surface area contributed by atoms with E-state index in [9.17, 15) is 44.6 Å². The van der Waals surface area contributed by atoms with Gasteiger partial charge in [-0.15, -0.1) is 0 Å². The summed E-state index contributed by atoms with van der Waals surface area (Å²) >= 11 is 0. The van der Waals surface area contributed by atoms with Crippen molar-refractivity contribution in [3.05, 3.63) is 0 Å². The maximum absolute atomic E-state index is 12.7. The van der Waals surface area contributed by atoms with Gasteiger partial charge in [0.15, 0.2) is 6.10 Å². The summed E-state index contributed by atoms with van der Waals surface area (Å²) in [5.41, 5.74) is 0. The minimum absolute atomic E-state index is 0.101. The lowest BCUT2D eigenvalue weighted by molar-refractivity contribution is -0.220. The van der Waals surface area contributed by atoms with E-state index in [1.165, 1.54) is 64.2 Å². The standard InChI is InChI=1S/C34H65O13P/c1-3-5-7-9-11-13-14-15-17-18-20-22-27(35)44-24-26(46-28(36)23-21-19-16-12-10-8-6-4-2)25-45-48(42,43)47-34-32(40)30(38)29(37)31(39)33(34)41/h26,29-34,37-41H,3-25H2,1-2H3,(H,42,43)/t26-,29?,30-,31?,32?,33?,34?/m1/s1. The SMILES string of the molecule is CCCCCCCCCCCCCC(=O)OC[C@H](COP(=O)(O)OC1C(O)C(O)C(O)[C@@H](O)C1O)OC(=O)CCCCCCCCCC. The molecule has 1 fully saturated rings. The van der Waals surface area contributed by atoms with E-state index in [1.54, 1.807) is 0 Å². The van der Waals surface area contributed by atoms with Crippen LogP contribution in [-0.2, 0) is 32.7 Å². The molecule has 48 heavy (non-hydrogen) atoms. The second-order valence-electron chi connectivity index (χ2n) is 13.1. The molecule has 0 heterocycles. The molecule has 284 valence electrons. The number of ether oxygens (including phenoxy) is 2. The summed E-state index contributed by atoms with van der Waals surface area (Å²) in [6.45, 7) is 3.20. The van der Waals surface area contributed by atoms with Crippen molar-refractivity contribution < 1.29 is 63.1 Å². The molecule has 0 saturated heterocycles. The average molecular weight is 713 g/mol. The zero-order valence-electron chi connectivity index (χ0n) is 29.3. The van der Waals surface area contributed by atoms with E-state index in [0.717, 1.165) is 44.9 Å². The first-order valence-electron chi connectivity index (χ1n) is 18.3. The largest absolute Gasteiger partial charge is 0.472 e. The van der Waals surface area contributed by atoms with Crippen molar-refractivity contribution in [2.45, 2.75) is 191 Å². The molecule has 0 aromatic rings. The van der Waals surface area contributed by atoms with Crippen molar-refractivity contribution in [1.82, 2.24) is 0 Å². The number of aliphatic hydroxyl groups is 5. The van der Waals surface area contributed by atoms with Crippen LogP contribution in [0.4, 0.5) is 0 Å². The Morgan fingerprint density at radius 2 is 0.938 bits per heavy atom. The Hall–Kier alpha value is -1.15. The fourth-order valence-electron chi connectivity index (χ4n) is 5.64. The number of carbonyl (C=O) groups excluding carboxylic acids is 2. The number of hydrogen-bond donors (Lipinski definition) is 6. The summed E-state index contributed by atoms with van der Waals surface area (Å²) in [6, 6.07) is 0. The molecule has 0 spiro atoms. The number of phosphoric ester groups is 1. The second-order valence-corrected chi connectivity index (χ2v) is 14.5. The van der Waals surface area contributed by atoms with E-state index in [0.29, 0.717) is 12.8 Å². The predicted octanol–water partition coefficient (Wildman–Crippen LogP) is 4.99. The first kappa shape index (κ1) is 44.9. The number of phosphoric acid groups is 1. The summed E-state index contributed by atoms with van der Waals surface area (Å²) in [5.74, 6) is -1.10. The van der Waals surface area contributed by atoms with Gasteiger partial charge in [0.25, 0.3) is 0 Å². The van der Waals surface area contributed by atoms with Crippen LogP contribution in [0.5, 0.6) is 0 Å². The van der Waals surface area contributed by atoms with Gasteiger partial charge in [0.2, 0.25) is 0 Å². The Morgan fingerprint density at radius 3 is 1.38 bits per heavy atom. The number of esters is 2. The topological polar surface area (TPSA) is 210 Å². The molecular formula is C34H65O13P.